The molecule has 4 aromatic rings. The molecule has 2 aliphatic carbocycles. The fraction of sp³-hybridized carbons (Fsp3) is 0.229. The van der Waals surface area contributed by atoms with Crippen LogP contribution < -0.4 is 9.64 Å². The normalized spacial score (nSPS) is 23.5. The van der Waals surface area contributed by atoms with Crippen LogP contribution in [0, 0.1) is 23.7 Å². The Balaban J connectivity index is 0.958. The van der Waals surface area contributed by atoms with Crippen LogP contribution in [-0.2, 0) is 14.3 Å². The molecule has 0 N–H and O–H groups in total. The van der Waals surface area contributed by atoms with Crippen LogP contribution in [0.1, 0.15) is 55.6 Å². The molecule has 2 amide bonds. The number of carbonyl (C=O) groups excluding carboxylic acids is 5. The van der Waals surface area contributed by atoms with Crippen LogP contribution in [0.15, 0.2) is 102 Å². The number of benzene rings is 3. The maximum Gasteiger partial charge on any atom is 0.379 e. The minimum atomic E-state index is -0.714. The van der Waals surface area contributed by atoms with E-state index in [0.717, 1.165) is 12.8 Å². The molecular weight excluding hydrogens is 562 g/mol. The molecule has 1 saturated heterocycles. The van der Waals surface area contributed by atoms with Crippen LogP contribution in [0.2, 0.25) is 0 Å². The number of Topliss-reactive ketones (excluding diaryl/α,β-unsaturated/α-hetero) is 1. The molecular formula is C35H27NO8. The Morgan fingerprint density at radius 2 is 1.45 bits per heavy atom. The minimum absolute atomic E-state index is 0.0511. The third kappa shape index (κ3) is 4.80. The molecule has 2 heterocycles. The monoisotopic (exact) mass is 589 g/mol. The van der Waals surface area contributed by atoms with Gasteiger partial charge in [-0.25, -0.2) is 9.59 Å². The molecule has 2 saturated carbocycles. The summed E-state index contributed by atoms with van der Waals surface area (Å²) >= 11 is 0. The molecule has 0 radical (unpaired) electrons. The van der Waals surface area contributed by atoms with Gasteiger partial charge in [0.2, 0.25) is 17.6 Å². The van der Waals surface area contributed by atoms with Crippen LogP contribution in [0.4, 0.5) is 5.69 Å². The number of imide groups is 1. The van der Waals surface area contributed by atoms with E-state index in [0.29, 0.717) is 5.69 Å². The number of esters is 2. The van der Waals surface area contributed by atoms with Gasteiger partial charge in [-0.2, -0.15) is 0 Å². The molecule has 3 aromatic carbocycles. The summed E-state index contributed by atoms with van der Waals surface area (Å²) in [6.07, 6.45) is 3.17. The Morgan fingerprint density at radius 1 is 0.750 bits per heavy atom. The zero-order chi connectivity index (χ0) is 30.4. The number of rotatable bonds is 8. The third-order valence-corrected chi connectivity index (χ3v) is 9.05. The zero-order valence-electron chi connectivity index (χ0n) is 23.5. The standard InChI is InChI=1S/C35H27NO8/c37-28(21-10-14-25(15-11-21)44-35(41)29-7-4-16-42-29)19-43-34(40)22-8-12-24(13-9-22)36-32(38)30-23-17-26(20-5-2-1-3-6-20)27(18-23)31(30)33(36)39/h1-16,23,26-27,30-31H,17-19H2/t23-,26+,27-,30+,31+/m0/s1. The average Bonchev–Trinajstić information content (AvgIpc) is 3.85. The second-order valence-electron chi connectivity index (χ2n) is 11.4. The number of hydrogen-bond donors (Lipinski definition) is 0. The number of fused-ring (bicyclic) bond motifs is 5. The van der Waals surface area contributed by atoms with Gasteiger partial charge in [0.1, 0.15) is 5.75 Å². The van der Waals surface area contributed by atoms with Crippen molar-refractivity contribution < 1.29 is 37.9 Å². The summed E-state index contributed by atoms with van der Waals surface area (Å²) in [6.45, 7) is -0.496. The smallest absolute Gasteiger partial charge is 0.379 e. The Kier molecular flexibility index (Phi) is 6.93. The number of anilines is 1. The minimum Gasteiger partial charge on any atom is -0.457 e. The van der Waals surface area contributed by atoms with E-state index >= 15 is 0 Å². The van der Waals surface area contributed by atoms with Crippen molar-refractivity contribution in [3.05, 3.63) is 120 Å². The highest BCUT2D eigenvalue weighted by Gasteiger charge is 2.64. The Bertz CT molecular complexity index is 1740. The Labute approximate surface area is 252 Å². The fourth-order valence-electron chi connectivity index (χ4n) is 7.10. The van der Waals surface area contributed by atoms with E-state index in [2.05, 4.69) is 12.1 Å². The molecule has 5 atom stereocenters. The van der Waals surface area contributed by atoms with E-state index in [4.69, 9.17) is 13.9 Å². The molecule has 9 nitrogen and oxygen atoms in total. The molecule has 0 spiro atoms. The van der Waals surface area contributed by atoms with Crippen molar-refractivity contribution in [3.8, 4) is 5.75 Å². The first-order valence-corrected chi connectivity index (χ1v) is 14.5. The number of nitrogens with zero attached hydrogens (tertiary/aromatic N) is 1. The zero-order valence-corrected chi connectivity index (χ0v) is 23.5. The number of carbonyl (C=O) groups is 5. The van der Waals surface area contributed by atoms with Gasteiger partial charge in [-0.3, -0.25) is 19.3 Å². The van der Waals surface area contributed by atoms with Crippen molar-refractivity contribution in [2.24, 2.45) is 23.7 Å². The average molecular weight is 590 g/mol. The van der Waals surface area contributed by atoms with Crippen molar-refractivity contribution in [1.82, 2.24) is 0 Å². The van der Waals surface area contributed by atoms with Crippen molar-refractivity contribution in [3.63, 3.8) is 0 Å². The molecule has 3 fully saturated rings. The van der Waals surface area contributed by atoms with Gasteiger partial charge < -0.3 is 13.9 Å². The van der Waals surface area contributed by atoms with Crippen LogP contribution >= 0.6 is 0 Å². The first-order valence-electron chi connectivity index (χ1n) is 14.5. The summed E-state index contributed by atoms with van der Waals surface area (Å²) in [5.41, 5.74) is 2.10. The summed E-state index contributed by atoms with van der Waals surface area (Å²) in [5.74, 6) is -1.88. The second-order valence-corrected chi connectivity index (χ2v) is 11.4. The largest absolute Gasteiger partial charge is 0.457 e. The van der Waals surface area contributed by atoms with Gasteiger partial charge in [0.05, 0.1) is 29.3 Å². The lowest BCUT2D eigenvalue weighted by Crippen LogP contribution is -2.33. The molecule has 3 aliphatic rings. The first-order chi connectivity index (χ1) is 21.4. The van der Waals surface area contributed by atoms with Crippen molar-refractivity contribution in [2.75, 3.05) is 11.5 Å². The van der Waals surface area contributed by atoms with Crippen LogP contribution in [0.25, 0.3) is 0 Å². The van der Waals surface area contributed by atoms with E-state index in [9.17, 15) is 24.0 Å². The van der Waals surface area contributed by atoms with E-state index in [1.165, 1.54) is 59.2 Å². The lowest BCUT2D eigenvalue weighted by Gasteiger charge is -2.28. The van der Waals surface area contributed by atoms with Crippen LogP contribution in [0.5, 0.6) is 5.75 Å². The van der Waals surface area contributed by atoms with Gasteiger partial charge in [-0.1, -0.05) is 30.3 Å². The van der Waals surface area contributed by atoms with Crippen molar-refractivity contribution in [2.45, 2.75) is 18.8 Å². The lowest BCUT2D eigenvalue weighted by atomic mass is 9.73. The first kappa shape index (κ1) is 27.5. The second kappa shape index (κ2) is 11.1. The molecule has 1 aliphatic heterocycles. The number of ketones is 1. The summed E-state index contributed by atoms with van der Waals surface area (Å²) in [6, 6.07) is 25.2. The molecule has 0 unspecified atom stereocenters. The topological polar surface area (TPSA) is 120 Å². The van der Waals surface area contributed by atoms with E-state index < -0.39 is 24.3 Å². The summed E-state index contributed by atoms with van der Waals surface area (Å²) in [5, 5.41) is 0. The van der Waals surface area contributed by atoms with E-state index in [1.54, 1.807) is 18.2 Å². The van der Waals surface area contributed by atoms with Crippen molar-refractivity contribution in [1.29, 1.82) is 0 Å². The number of hydrogen-bond acceptors (Lipinski definition) is 8. The summed E-state index contributed by atoms with van der Waals surface area (Å²) in [4.78, 5) is 65.5. The van der Waals surface area contributed by atoms with Crippen LogP contribution in [0.3, 0.4) is 0 Å². The van der Waals surface area contributed by atoms with Gasteiger partial charge >= 0.3 is 11.9 Å². The van der Waals surface area contributed by atoms with Gasteiger partial charge in [0.15, 0.2) is 12.4 Å². The number of furan rings is 1. The highest BCUT2D eigenvalue weighted by atomic mass is 16.5. The van der Waals surface area contributed by atoms with Gasteiger partial charge in [-0.05, 0) is 96.8 Å². The number of amides is 2. The lowest BCUT2D eigenvalue weighted by molar-refractivity contribution is -0.123. The molecule has 1 aromatic heterocycles. The van der Waals surface area contributed by atoms with E-state index in [1.807, 2.05) is 18.2 Å². The molecule has 220 valence electrons. The van der Waals surface area contributed by atoms with Crippen molar-refractivity contribution >= 4 is 35.2 Å². The Hall–Kier alpha value is -5.31. The Morgan fingerprint density at radius 3 is 2.16 bits per heavy atom. The van der Waals surface area contributed by atoms with Crippen LogP contribution in [-0.4, -0.2) is 36.1 Å². The highest BCUT2D eigenvalue weighted by molar-refractivity contribution is 6.22. The van der Waals surface area contributed by atoms with Gasteiger partial charge in [0, 0.05) is 5.56 Å². The molecule has 44 heavy (non-hydrogen) atoms. The molecule has 2 bridgehead atoms. The summed E-state index contributed by atoms with van der Waals surface area (Å²) < 4.78 is 15.4. The van der Waals surface area contributed by atoms with Gasteiger partial charge in [-0.15, -0.1) is 0 Å². The van der Waals surface area contributed by atoms with E-state index in [-0.39, 0.29) is 64.0 Å². The highest BCUT2D eigenvalue weighted by Crippen LogP contribution is 2.61. The van der Waals surface area contributed by atoms with Gasteiger partial charge in [0.25, 0.3) is 0 Å². The number of ether oxygens (including phenoxy) is 2. The predicted octanol–water partition coefficient (Wildman–Crippen LogP) is 5.47. The summed E-state index contributed by atoms with van der Waals surface area (Å²) in [7, 11) is 0. The fourth-order valence-corrected chi connectivity index (χ4v) is 7.10. The third-order valence-electron chi connectivity index (χ3n) is 9.05. The molecule has 9 heteroatoms. The maximum absolute atomic E-state index is 13.6. The predicted molar refractivity (Wildman–Crippen MR) is 156 cm³/mol. The maximum atomic E-state index is 13.6. The quantitative estimate of drug-likeness (QED) is 0.115. The molecule has 7 rings (SSSR count). The SMILES string of the molecule is O=C(COC(=O)c1ccc(N2C(=O)[C@@H]3[C@@H]4C[C@H]([C@H]3C2=O)[C@@H](c2ccccc2)C4)cc1)c1ccc(OC(=O)c2ccco2)cc1.